The van der Waals surface area contributed by atoms with Crippen molar-refractivity contribution in [1.29, 1.82) is 0 Å². The molecule has 2 aromatic carbocycles. The molecule has 6 rings (SSSR count). The lowest BCUT2D eigenvalue weighted by Gasteiger charge is -2.34. The summed E-state index contributed by atoms with van der Waals surface area (Å²) in [5.41, 5.74) is 2.77. The van der Waals surface area contributed by atoms with Gasteiger partial charge in [-0.3, -0.25) is 14.5 Å². The van der Waals surface area contributed by atoms with Crippen LogP contribution in [0.4, 0.5) is 0 Å². The largest absolute Gasteiger partial charge is 0.335 e. The maximum Gasteiger partial charge on any atom is 0.272 e. The van der Waals surface area contributed by atoms with Gasteiger partial charge in [-0.2, -0.15) is 5.10 Å². The van der Waals surface area contributed by atoms with E-state index in [9.17, 15) is 9.59 Å². The number of amides is 1. The maximum absolute atomic E-state index is 13.6. The third kappa shape index (κ3) is 4.34. The molecule has 1 fully saturated rings. The molecule has 5 aromatic rings. The number of hydrogen-bond acceptors (Lipinski definition) is 6. The van der Waals surface area contributed by atoms with Gasteiger partial charge in [-0.15, -0.1) is 11.3 Å². The molecule has 1 N–H and O–H groups in total. The highest BCUT2D eigenvalue weighted by Crippen LogP contribution is 2.26. The topological polar surface area (TPSA) is 87.1 Å². The number of nitrogens with one attached hydrogen (secondary N) is 1. The Balaban J connectivity index is 1.19. The summed E-state index contributed by atoms with van der Waals surface area (Å²) in [6, 6.07) is 23.0. The van der Waals surface area contributed by atoms with Crippen molar-refractivity contribution >= 4 is 28.1 Å². The zero-order chi connectivity index (χ0) is 24.5. The van der Waals surface area contributed by atoms with Crippen LogP contribution < -0.4 is 5.56 Å². The SMILES string of the molecule is O=C(c1cc(-c2cccs2)nn1-c1ccccc1)N1CCN(Cc2nc3ccccc3c(=O)[nH]2)CC1. The first kappa shape index (κ1) is 22.4. The van der Waals surface area contributed by atoms with E-state index in [0.717, 1.165) is 16.3 Å². The zero-order valence-corrected chi connectivity index (χ0v) is 20.3. The van der Waals surface area contributed by atoms with Gasteiger partial charge < -0.3 is 9.88 Å². The van der Waals surface area contributed by atoms with Crippen LogP contribution in [0, 0.1) is 0 Å². The maximum atomic E-state index is 13.6. The van der Waals surface area contributed by atoms with Crippen molar-refractivity contribution in [2.75, 3.05) is 26.2 Å². The van der Waals surface area contributed by atoms with Gasteiger partial charge in [-0.25, -0.2) is 9.67 Å². The van der Waals surface area contributed by atoms with Gasteiger partial charge in [0.2, 0.25) is 0 Å². The minimum Gasteiger partial charge on any atom is -0.335 e. The number of hydrogen-bond donors (Lipinski definition) is 1. The second kappa shape index (κ2) is 9.52. The monoisotopic (exact) mass is 496 g/mol. The predicted octanol–water partition coefficient (Wildman–Crippen LogP) is 3.80. The lowest BCUT2D eigenvalue weighted by Crippen LogP contribution is -2.48. The molecule has 180 valence electrons. The minimum absolute atomic E-state index is 0.0361. The van der Waals surface area contributed by atoms with Crippen LogP contribution in [-0.4, -0.2) is 61.6 Å². The first-order valence-electron chi connectivity index (χ1n) is 11.8. The van der Waals surface area contributed by atoms with Crippen LogP contribution in [-0.2, 0) is 6.54 Å². The Labute approximate surface area is 211 Å². The number of fused-ring (bicyclic) bond motifs is 1. The number of piperazine rings is 1. The Hall–Kier alpha value is -4.08. The highest BCUT2D eigenvalue weighted by atomic mass is 32.1. The van der Waals surface area contributed by atoms with Crippen LogP contribution in [0.2, 0.25) is 0 Å². The van der Waals surface area contributed by atoms with Crippen LogP contribution >= 0.6 is 11.3 Å². The number of nitrogens with zero attached hydrogens (tertiary/aromatic N) is 5. The Morgan fingerprint density at radius 1 is 0.944 bits per heavy atom. The fourth-order valence-electron chi connectivity index (χ4n) is 4.54. The normalized spacial score (nSPS) is 14.4. The second-order valence-corrected chi connectivity index (χ2v) is 9.69. The van der Waals surface area contributed by atoms with Crippen molar-refractivity contribution in [3.8, 4) is 16.3 Å². The van der Waals surface area contributed by atoms with E-state index >= 15 is 0 Å². The molecule has 0 bridgehead atoms. The number of para-hydroxylation sites is 2. The molecule has 0 aliphatic carbocycles. The van der Waals surface area contributed by atoms with Crippen LogP contribution in [0.3, 0.4) is 0 Å². The quantitative estimate of drug-likeness (QED) is 0.400. The standard InChI is InChI=1S/C27H24N6O2S/c34-26-20-9-4-5-10-21(20)28-25(29-26)18-31-12-14-32(15-13-31)27(35)23-17-22(24-11-6-16-36-24)30-33(23)19-7-2-1-3-8-19/h1-11,16-17H,12-15,18H2,(H,28,29,34). The molecule has 3 aromatic heterocycles. The number of H-pyrrole nitrogens is 1. The van der Waals surface area contributed by atoms with Gasteiger partial charge in [-0.1, -0.05) is 36.4 Å². The molecular formula is C27H24N6O2S. The average molecular weight is 497 g/mol. The summed E-state index contributed by atoms with van der Waals surface area (Å²) < 4.78 is 1.74. The van der Waals surface area contributed by atoms with Crippen molar-refractivity contribution in [1.82, 2.24) is 29.5 Å². The number of carbonyl (C=O) groups excluding carboxylic acids is 1. The molecule has 0 spiro atoms. The van der Waals surface area contributed by atoms with Gasteiger partial charge >= 0.3 is 0 Å². The van der Waals surface area contributed by atoms with Crippen LogP contribution in [0.25, 0.3) is 27.2 Å². The lowest BCUT2D eigenvalue weighted by atomic mass is 10.2. The first-order valence-corrected chi connectivity index (χ1v) is 12.7. The molecule has 4 heterocycles. The fourth-order valence-corrected chi connectivity index (χ4v) is 5.22. The Kier molecular flexibility index (Phi) is 5.92. The first-order chi connectivity index (χ1) is 17.7. The zero-order valence-electron chi connectivity index (χ0n) is 19.5. The number of aromatic nitrogens is 4. The van der Waals surface area contributed by atoms with E-state index in [1.54, 1.807) is 22.1 Å². The van der Waals surface area contributed by atoms with Gasteiger partial charge in [0.1, 0.15) is 17.2 Å². The number of rotatable bonds is 5. The molecular weight excluding hydrogens is 472 g/mol. The number of carbonyl (C=O) groups is 1. The molecule has 0 saturated carbocycles. The van der Waals surface area contributed by atoms with Gasteiger partial charge in [0.25, 0.3) is 11.5 Å². The van der Waals surface area contributed by atoms with Crippen molar-refractivity contribution in [2.45, 2.75) is 6.54 Å². The van der Waals surface area contributed by atoms with E-state index in [-0.39, 0.29) is 11.5 Å². The minimum atomic E-state index is -0.125. The van der Waals surface area contributed by atoms with Gasteiger partial charge in [0.05, 0.1) is 28.0 Å². The van der Waals surface area contributed by atoms with E-state index < -0.39 is 0 Å². The van der Waals surface area contributed by atoms with E-state index in [2.05, 4.69) is 14.9 Å². The summed E-state index contributed by atoms with van der Waals surface area (Å²) in [5.74, 6) is 0.604. The van der Waals surface area contributed by atoms with Crippen LogP contribution in [0.1, 0.15) is 16.3 Å². The van der Waals surface area contributed by atoms with E-state index in [1.165, 1.54) is 0 Å². The highest BCUT2D eigenvalue weighted by molar-refractivity contribution is 7.13. The van der Waals surface area contributed by atoms with Crippen molar-refractivity contribution in [3.05, 3.63) is 100 Å². The van der Waals surface area contributed by atoms with Crippen LogP contribution in [0.15, 0.2) is 83.0 Å². The summed E-state index contributed by atoms with van der Waals surface area (Å²) in [7, 11) is 0. The third-order valence-electron chi connectivity index (χ3n) is 6.40. The van der Waals surface area contributed by atoms with Crippen LogP contribution in [0.5, 0.6) is 0 Å². The van der Waals surface area contributed by atoms with Crippen molar-refractivity contribution in [2.24, 2.45) is 0 Å². The Bertz CT molecular complexity index is 1570. The predicted molar refractivity (Wildman–Crippen MR) is 140 cm³/mol. The smallest absolute Gasteiger partial charge is 0.272 e. The summed E-state index contributed by atoms with van der Waals surface area (Å²) in [6.45, 7) is 3.10. The second-order valence-electron chi connectivity index (χ2n) is 8.74. The molecule has 1 amide bonds. The molecule has 0 radical (unpaired) electrons. The van der Waals surface area contributed by atoms with E-state index in [1.807, 2.05) is 77.0 Å². The molecule has 36 heavy (non-hydrogen) atoms. The molecule has 1 aliphatic rings. The molecule has 0 atom stereocenters. The number of aromatic amines is 1. The third-order valence-corrected chi connectivity index (χ3v) is 7.29. The number of benzene rings is 2. The molecule has 9 heteroatoms. The Morgan fingerprint density at radius 2 is 1.72 bits per heavy atom. The van der Waals surface area contributed by atoms with Gasteiger partial charge in [0, 0.05) is 26.2 Å². The van der Waals surface area contributed by atoms with E-state index in [4.69, 9.17) is 5.10 Å². The fraction of sp³-hybridized carbons (Fsp3) is 0.185. The molecule has 1 saturated heterocycles. The number of thiophene rings is 1. The summed E-state index contributed by atoms with van der Waals surface area (Å²) in [6.07, 6.45) is 0. The lowest BCUT2D eigenvalue weighted by molar-refractivity contribution is 0.0616. The van der Waals surface area contributed by atoms with Crippen molar-refractivity contribution < 1.29 is 4.79 Å². The van der Waals surface area contributed by atoms with E-state index in [0.29, 0.717) is 55.1 Å². The highest BCUT2D eigenvalue weighted by Gasteiger charge is 2.26. The van der Waals surface area contributed by atoms with Gasteiger partial charge in [0.15, 0.2) is 0 Å². The molecule has 0 unspecified atom stereocenters. The summed E-state index contributed by atoms with van der Waals surface area (Å²) in [4.78, 5) is 38.7. The van der Waals surface area contributed by atoms with Crippen molar-refractivity contribution in [3.63, 3.8) is 0 Å². The molecule has 1 aliphatic heterocycles. The average Bonchev–Trinajstić information content (AvgIpc) is 3.60. The molecule has 8 nitrogen and oxygen atoms in total. The Morgan fingerprint density at radius 3 is 2.50 bits per heavy atom. The summed E-state index contributed by atoms with van der Waals surface area (Å²) in [5, 5.41) is 7.37. The summed E-state index contributed by atoms with van der Waals surface area (Å²) >= 11 is 1.60. The van der Waals surface area contributed by atoms with Gasteiger partial charge in [-0.05, 0) is 41.8 Å².